The highest BCUT2D eigenvalue weighted by molar-refractivity contribution is 5.93. The van der Waals surface area contributed by atoms with Crippen LogP contribution in [0.25, 0.3) is 10.9 Å². The fraction of sp³-hybridized carbons (Fsp3) is 0.222. The molecule has 0 radical (unpaired) electrons. The Bertz CT molecular complexity index is 787. The van der Waals surface area contributed by atoms with Crippen LogP contribution in [0.5, 0.6) is 0 Å². The average molecular weight is 293 g/mol. The van der Waals surface area contributed by atoms with E-state index in [1.807, 2.05) is 37.3 Å². The second kappa shape index (κ2) is 6.12. The van der Waals surface area contributed by atoms with Crippen molar-refractivity contribution in [2.75, 3.05) is 11.9 Å². The number of benzene rings is 1. The summed E-state index contributed by atoms with van der Waals surface area (Å²) in [6, 6.07) is 11.7. The standard InChI is InChI=1S/C18H19N3O/c1-12-13(2)21-16-6-4-3-5-15(16)18(12)20-11-17(22)14-7-9-19-10-8-14/h3-10,17,22H,11H2,1-2H3,(H,20,21). The van der Waals surface area contributed by atoms with Crippen LogP contribution in [-0.4, -0.2) is 21.6 Å². The Morgan fingerprint density at radius 2 is 1.82 bits per heavy atom. The lowest BCUT2D eigenvalue weighted by atomic mass is 10.1. The molecule has 3 aromatic rings. The van der Waals surface area contributed by atoms with E-state index in [0.29, 0.717) is 6.54 Å². The first-order valence-electron chi connectivity index (χ1n) is 7.34. The molecule has 0 aliphatic heterocycles. The maximum absolute atomic E-state index is 10.3. The van der Waals surface area contributed by atoms with E-state index in [9.17, 15) is 5.11 Å². The lowest BCUT2D eigenvalue weighted by Gasteiger charge is -2.17. The third-order valence-electron chi connectivity index (χ3n) is 3.94. The van der Waals surface area contributed by atoms with Gasteiger partial charge in [-0.3, -0.25) is 9.97 Å². The van der Waals surface area contributed by atoms with Crippen LogP contribution in [0.2, 0.25) is 0 Å². The number of aliphatic hydroxyl groups is 1. The number of rotatable bonds is 4. The predicted octanol–water partition coefficient (Wildman–Crippen LogP) is 3.39. The number of nitrogens with one attached hydrogen (secondary N) is 1. The summed E-state index contributed by atoms with van der Waals surface area (Å²) in [5, 5.41) is 14.8. The second-order valence-corrected chi connectivity index (χ2v) is 5.39. The van der Waals surface area contributed by atoms with E-state index in [-0.39, 0.29) is 0 Å². The molecule has 0 saturated heterocycles. The summed E-state index contributed by atoms with van der Waals surface area (Å²) in [5.41, 5.74) is 4.97. The minimum atomic E-state index is -0.574. The van der Waals surface area contributed by atoms with Gasteiger partial charge in [0.1, 0.15) is 0 Å². The molecule has 0 amide bonds. The third kappa shape index (κ3) is 2.78. The van der Waals surface area contributed by atoms with Gasteiger partial charge in [0, 0.05) is 35.7 Å². The molecule has 0 saturated carbocycles. The maximum atomic E-state index is 10.3. The number of fused-ring (bicyclic) bond motifs is 1. The molecule has 0 aliphatic rings. The minimum absolute atomic E-state index is 0.443. The fourth-order valence-electron chi connectivity index (χ4n) is 2.56. The van der Waals surface area contributed by atoms with Gasteiger partial charge in [-0.15, -0.1) is 0 Å². The molecule has 112 valence electrons. The first kappa shape index (κ1) is 14.5. The Balaban J connectivity index is 1.89. The molecular formula is C18H19N3O. The summed E-state index contributed by atoms with van der Waals surface area (Å²) in [4.78, 5) is 8.58. The molecule has 4 heteroatoms. The average Bonchev–Trinajstić information content (AvgIpc) is 2.56. The van der Waals surface area contributed by atoms with Gasteiger partial charge < -0.3 is 10.4 Å². The van der Waals surface area contributed by atoms with E-state index in [4.69, 9.17) is 0 Å². The Morgan fingerprint density at radius 3 is 2.59 bits per heavy atom. The number of anilines is 1. The van der Waals surface area contributed by atoms with Crippen LogP contribution in [0.15, 0.2) is 48.8 Å². The Labute approximate surface area is 129 Å². The zero-order valence-corrected chi connectivity index (χ0v) is 12.7. The highest BCUT2D eigenvalue weighted by atomic mass is 16.3. The zero-order valence-electron chi connectivity index (χ0n) is 12.7. The van der Waals surface area contributed by atoms with E-state index in [0.717, 1.165) is 33.4 Å². The van der Waals surface area contributed by atoms with Crippen molar-refractivity contribution in [3.05, 3.63) is 65.6 Å². The molecule has 2 N–H and O–H groups in total. The molecule has 0 aliphatic carbocycles. The number of aryl methyl sites for hydroxylation is 1. The number of para-hydroxylation sites is 1. The van der Waals surface area contributed by atoms with Gasteiger partial charge in [0.15, 0.2) is 0 Å². The van der Waals surface area contributed by atoms with Crippen LogP contribution < -0.4 is 5.32 Å². The van der Waals surface area contributed by atoms with Gasteiger partial charge >= 0.3 is 0 Å². The number of aromatic nitrogens is 2. The van der Waals surface area contributed by atoms with Crippen LogP contribution in [0.3, 0.4) is 0 Å². The van der Waals surface area contributed by atoms with Gasteiger partial charge in [-0.1, -0.05) is 18.2 Å². The molecule has 2 heterocycles. The van der Waals surface area contributed by atoms with Crippen LogP contribution in [0.4, 0.5) is 5.69 Å². The first-order valence-corrected chi connectivity index (χ1v) is 7.34. The molecule has 1 aromatic carbocycles. The Morgan fingerprint density at radius 1 is 1.09 bits per heavy atom. The van der Waals surface area contributed by atoms with Gasteiger partial charge in [0.2, 0.25) is 0 Å². The van der Waals surface area contributed by atoms with E-state index in [1.54, 1.807) is 12.4 Å². The van der Waals surface area contributed by atoms with Gasteiger partial charge in [0.25, 0.3) is 0 Å². The summed E-state index contributed by atoms with van der Waals surface area (Å²) in [7, 11) is 0. The second-order valence-electron chi connectivity index (χ2n) is 5.39. The van der Waals surface area contributed by atoms with Crippen LogP contribution in [0, 0.1) is 13.8 Å². The van der Waals surface area contributed by atoms with Crippen molar-refractivity contribution in [2.24, 2.45) is 0 Å². The first-order chi connectivity index (χ1) is 10.7. The summed E-state index contributed by atoms with van der Waals surface area (Å²) in [5.74, 6) is 0. The van der Waals surface area contributed by atoms with Gasteiger partial charge in [-0.2, -0.15) is 0 Å². The van der Waals surface area contributed by atoms with Gasteiger partial charge in [-0.25, -0.2) is 0 Å². The lowest BCUT2D eigenvalue weighted by Crippen LogP contribution is -2.13. The number of pyridine rings is 2. The fourth-order valence-corrected chi connectivity index (χ4v) is 2.56. The summed E-state index contributed by atoms with van der Waals surface area (Å²) in [6.45, 7) is 4.50. The minimum Gasteiger partial charge on any atom is -0.387 e. The van der Waals surface area contributed by atoms with Gasteiger partial charge in [0.05, 0.1) is 11.6 Å². The molecule has 0 bridgehead atoms. The van der Waals surface area contributed by atoms with Gasteiger partial charge in [-0.05, 0) is 43.2 Å². The van der Waals surface area contributed by atoms with E-state index in [1.165, 1.54) is 0 Å². The SMILES string of the molecule is Cc1nc2ccccc2c(NCC(O)c2ccncc2)c1C. The number of hydrogen-bond acceptors (Lipinski definition) is 4. The Kier molecular flexibility index (Phi) is 4.02. The highest BCUT2D eigenvalue weighted by Gasteiger charge is 2.12. The summed E-state index contributed by atoms with van der Waals surface area (Å²) < 4.78 is 0. The summed E-state index contributed by atoms with van der Waals surface area (Å²) in [6.07, 6.45) is 2.81. The molecule has 1 atom stereocenters. The number of nitrogens with zero attached hydrogens (tertiary/aromatic N) is 2. The topological polar surface area (TPSA) is 58.0 Å². The molecule has 22 heavy (non-hydrogen) atoms. The van der Waals surface area contributed by atoms with Crippen molar-refractivity contribution < 1.29 is 5.11 Å². The predicted molar refractivity (Wildman–Crippen MR) is 88.9 cm³/mol. The monoisotopic (exact) mass is 293 g/mol. The van der Waals surface area contributed by atoms with Crippen molar-refractivity contribution in [1.82, 2.24) is 9.97 Å². The molecule has 0 fully saturated rings. The van der Waals surface area contributed by atoms with E-state index in [2.05, 4.69) is 28.3 Å². The lowest BCUT2D eigenvalue weighted by molar-refractivity contribution is 0.191. The highest BCUT2D eigenvalue weighted by Crippen LogP contribution is 2.28. The number of aliphatic hydroxyl groups excluding tert-OH is 1. The van der Waals surface area contributed by atoms with E-state index < -0.39 is 6.10 Å². The largest absolute Gasteiger partial charge is 0.387 e. The van der Waals surface area contributed by atoms with Crippen LogP contribution in [-0.2, 0) is 0 Å². The maximum Gasteiger partial charge on any atom is 0.0963 e. The molecule has 2 aromatic heterocycles. The summed E-state index contributed by atoms with van der Waals surface area (Å²) >= 11 is 0. The smallest absolute Gasteiger partial charge is 0.0963 e. The quantitative estimate of drug-likeness (QED) is 0.774. The molecule has 1 unspecified atom stereocenters. The van der Waals surface area contributed by atoms with Crippen molar-refractivity contribution in [2.45, 2.75) is 20.0 Å². The van der Waals surface area contributed by atoms with Crippen molar-refractivity contribution in [3.63, 3.8) is 0 Å². The zero-order chi connectivity index (χ0) is 15.5. The Hall–Kier alpha value is -2.46. The van der Waals surface area contributed by atoms with Crippen molar-refractivity contribution in [3.8, 4) is 0 Å². The van der Waals surface area contributed by atoms with Crippen molar-refractivity contribution >= 4 is 16.6 Å². The molecule has 0 spiro atoms. The molecule has 4 nitrogen and oxygen atoms in total. The van der Waals surface area contributed by atoms with E-state index >= 15 is 0 Å². The third-order valence-corrected chi connectivity index (χ3v) is 3.94. The molecule has 3 rings (SSSR count). The van der Waals surface area contributed by atoms with Crippen molar-refractivity contribution in [1.29, 1.82) is 0 Å². The van der Waals surface area contributed by atoms with Crippen LogP contribution >= 0.6 is 0 Å². The number of hydrogen-bond donors (Lipinski definition) is 2. The van der Waals surface area contributed by atoms with Crippen LogP contribution in [0.1, 0.15) is 22.9 Å². The molecular weight excluding hydrogens is 274 g/mol. The normalized spacial score (nSPS) is 12.3.